The van der Waals surface area contributed by atoms with Crippen LogP contribution in [0.15, 0.2) is 36.7 Å². The molecule has 0 aliphatic carbocycles. The van der Waals surface area contributed by atoms with Crippen molar-refractivity contribution < 1.29 is 0 Å². The maximum atomic E-state index is 6.13. The van der Waals surface area contributed by atoms with Gasteiger partial charge in [0.05, 0.1) is 14.8 Å². The van der Waals surface area contributed by atoms with Gasteiger partial charge in [0.25, 0.3) is 0 Å². The molecule has 0 aromatic carbocycles. The van der Waals surface area contributed by atoms with Crippen LogP contribution in [0.3, 0.4) is 0 Å². The molecule has 0 fully saturated rings. The van der Waals surface area contributed by atoms with Gasteiger partial charge in [-0.3, -0.25) is 9.67 Å². The highest BCUT2D eigenvalue weighted by atomic mass is 35.5. The molecule has 2 N–H and O–H groups in total. The summed E-state index contributed by atoms with van der Waals surface area (Å²) in [5.41, 5.74) is 8.90. The average molecular weight is 291 g/mol. The molecule has 96 valence electrons. The van der Waals surface area contributed by atoms with Crippen molar-refractivity contribution in [2.24, 2.45) is 7.05 Å². The van der Waals surface area contributed by atoms with E-state index in [0.29, 0.717) is 5.82 Å². The number of nitrogens with zero attached hydrogens (tertiary/aromatic N) is 3. The van der Waals surface area contributed by atoms with E-state index < -0.39 is 0 Å². The van der Waals surface area contributed by atoms with Crippen LogP contribution in [-0.2, 0) is 7.05 Å². The van der Waals surface area contributed by atoms with Crippen LogP contribution in [-0.4, -0.2) is 14.8 Å². The first-order valence-corrected chi connectivity index (χ1v) is 6.85. The van der Waals surface area contributed by atoms with Crippen molar-refractivity contribution in [3.63, 3.8) is 0 Å². The molecule has 3 aromatic rings. The number of rotatable bonds is 2. The number of halogens is 1. The Morgan fingerprint density at radius 3 is 2.58 bits per heavy atom. The number of nitrogens with two attached hydrogens (primary N) is 1. The number of hydrogen-bond donors (Lipinski definition) is 1. The summed E-state index contributed by atoms with van der Waals surface area (Å²) >= 11 is 7.49. The molecule has 0 saturated heterocycles. The Kier molecular flexibility index (Phi) is 3.00. The fraction of sp³-hybridized carbons (Fsp3) is 0.0769. The van der Waals surface area contributed by atoms with Gasteiger partial charge in [-0.1, -0.05) is 11.6 Å². The van der Waals surface area contributed by atoms with E-state index in [1.807, 2.05) is 31.3 Å². The van der Waals surface area contributed by atoms with Gasteiger partial charge in [0.2, 0.25) is 0 Å². The summed E-state index contributed by atoms with van der Waals surface area (Å²) in [6, 6.07) is 7.67. The second kappa shape index (κ2) is 4.68. The molecule has 4 nitrogen and oxygen atoms in total. The van der Waals surface area contributed by atoms with Crippen LogP contribution in [0.2, 0.25) is 4.34 Å². The Bertz CT molecular complexity index is 718. The summed E-state index contributed by atoms with van der Waals surface area (Å²) in [4.78, 5) is 5.03. The molecule has 3 heterocycles. The summed E-state index contributed by atoms with van der Waals surface area (Å²) in [5, 5.41) is 4.49. The molecule has 3 rings (SSSR count). The molecule has 0 unspecified atom stereocenters. The van der Waals surface area contributed by atoms with Crippen LogP contribution >= 0.6 is 22.9 Å². The summed E-state index contributed by atoms with van der Waals surface area (Å²) < 4.78 is 2.42. The third kappa shape index (κ3) is 2.11. The molecule has 0 saturated carbocycles. The number of thiophene rings is 1. The molecule has 0 aliphatic rings. The zero-order chi connectivity index (χ0) is 13.4. The molecule has 0 aliphatic heterocycles. The summed E-state index contributed by atoms with van der Waals surface area (Å²) in [5.74, 6) is 0.630. The quantitative estimate of drug-likeness (QED) is 0.786. The van der Waals surface area contributed by atoms with Gasteiger partial charge in [-0.25, -0.2) is 0 Å². The predicted molar refractivity (Wildman–Crippen MR) is 79.2 cm³/mol. The van der Waals surface area contributed by atoms with E-state index in [0.717, 1.165) is 26.0 Å². The number of aryl methyl sites for hydroxylation is 1. The lowest BCUT2D eigenvalue weighted by Gasteiger charge is -2.02. The second-order valence-electron chi connectivity index (χ2n) is 4.07. The number of hydrogen-bond acceptors (Lipinski definition) is 4. The normalized spacial score (nSPS) is 10.8. The molecule has 0 radical (unpaired) electrons. The van der Waals surface area contributed by atoms with E-state index in [4.69, 9.17) is 17.3 Å². The Hall–Kier alpha value is -1.85. The van der Waals surface area contributed by atoms with Gasteiger partial charge in [0.1, 0.15) is 11.5 Å². The number of aromatic nitrogens is 3. The SMILES string of the molecule is Cn1nc(-c2ccc(Cl)s2)c(-c2ccncc2)c1N. The van der Waals surface area contributed by atoms with E-state index in [-0.39, 0.29) is 0 Å². The van der Waals surface area contributed by atoms with Gasteiger partial charge < -0.3 is 5.73 Å². The van der Waals surface area contributed by atoms with Gasteiger partial charge in [-0.05, 0) is 29.8 Å². The van der Waals surface area contributed by atoms with Crippen LogP contribution in [0.1, 0.15) is 0 Å². The fourth-order valence-corrected chi connectivity index (χ4v) is 2.99. The minimum atomic E-state index is 0.630. The molecule has 19 heavy (non-hydrogen) atoms. The van der Waals surface area contributed by atoms with Crippen molar-refractivity contribution in [2.75, 3.05) is 5.73 Å². The Balaban J connectivity index is 2.24. The van der Waals surface area contributed by atoms with Gasteiger partial charge in [-0.15, -0.1) is 11.3 Å². The molecule has 0 bridgehead atoms. The van der Waals surface area contributed by atoms with Gasteiger partial charge in [0, 0.05) is 19.4 Å². The minimum absolute atomic E-state index is 0.630. The second-order valence-corrected chi connectivity index (χ2v) is 5.79. The number of nitrogen functional groups attached to an aromatic ring is 1. The largest absolute Gasteiger partial charge is 0.383 e. The van der Waals surface area contributed by atoms with Gasteiger partial charge in [0.15, 0.2) is 0 Å². The van der Waals surface area contributed by atoms with Crippen LogP contribution in [0.4, 0.5) is 5.82 Å². The lowest BCUT2D eigenvalue weighted by molar-refractivity contribution is 0.783. The Labute approximate surface area is 119 Å². The summed E-state index contributed by atoms with van der Waals surface area (Å²) in [7, 11) is 1.83. The third-order valence-electron chi connectivity index (χ3n) is 2.87. The van der Waals surface area contributed by atoms with Crippen molar-refractivity contribution >= 4 is 28.8 Å². The van der Waals surface area contributed by atoms with E-state index in [2.05, 4.69) is 10.1 Å². The molecular weight excluding hydrogens is 280 g/mol. The maximum Gasteiger partial charge on any atom is 0.129 e. The maximum absolute atomic E-state index is 6.13. The van der Waals surface area contributed by atoms with E-state index in [9.17, 15) is 0 Å². The van der Waals surface area contributed by atoms with E-state index in [1.165, 1.54) is 11.3 Å². The van der Waals surface area contributed by atoms with E-state index >= 15 is 0 Å². The smallest absolute Gasteiger partial charge is 0.129 e. The topological polar surface area (TPSA) is 56.7 Å². The number of pyridine rings is 1. The third-order valence-corrected chi connectivity index (χ3v) is 4.11. The Morgan fingerprint density at radius 1 is 1.21 bits per heavy atom. The Morgan fingerprint density at radius 2 is 1.95 bits per heavy atom. The minimum Gasteiger partial charge on any atom is -0.383 e. The first-order valence-electron chi connectivity index (χ1n) is 5.65. The molecule has 0 spiro atoms. The number of anilines is 1. The molecule has 6 heteroatoms. The molecule has 0 amide bonds. The van der Waals surface area contributed by atoms with E-state index in [1.54, 1.807) is 17.1 Å². The monoisotopic (exact) mass is 290 g/mol. The molecular formula is C13H11ClN4S. The van der Waals surface area contributed by atoms with Crippen molar-refractivity contribution in [1.82, 2.24) is 14.8 Å². The lowest BCUT2D eigenvalue weighted by atomic mass is 10.1. The first kappa shape index (κ1) is 12.2. The molecule has 3 aromatic heterocycles. The van der Waals surface area contributed by atoms with Crippen LogP contribution in [0, 0.1) is 0 Å². The zero-order valence-electron chi connectivity index (χ0n) is 10.2. The van der Waals surface area contributed by atoms with Gasteiger partial charge in [-0.2, -0.15) is 5.10 Å². The van der Waals surface area contributed by atoms with Crippen molar-refractivity contribution in [3.05, 3.63) is 41.0 Å². The first-order chi connectivity index (χ1) is 9.16. The van der Waals surface area contributed by atoms with Crippen LogP contribution < -0.4 is 5.73 Å². The lowest BCUT2D eigenvalue weighted by Crippen LogP contribution is -1.97. The molecule has 0 atom stereocenters. The van der Waals surface area contributed by atoms with Crippen LogP contribution in [0.25, 0.3) is 21.7 Å². The van der Waals surface area contributed by atoms with Crippen molar-refractivity contribution in [3.8, 4) is 21.7 Å². The van der Waals surface area contributed by atoms with Gasteiger partial charge >= 0.3 is 0 Å². The average Bonchev–Trinajstić information content (AvgIpc) is 2.96. The highest BCUT2D eigenvalue weighted by molar-refractivity contribution is 7.19. The summed E-state index contributed by atoms with van der Waals surface area (Å²) in [6.45, 7) is 0. The van der Waals surface area contributed by atoms with Crippen LogP contribution in [0.5, 0.6) is 0 Å². The highest BCUT2D eigenvalue weighted by Gasteiger charge is 2.18. The summed E-state index contributed by atoms with van der Waals surface area (Å²) in [6.07, 6.45) is 3.49. The zero-order valence-corrected chi connectivity index (χ0v) is 11.7. The standard InChI is InChI=1S/C13H11ClN4S/c1-18-13(15)11(8-4-6-16-7-5-8)12(17-18)9-2-3-10(14)19-9/h2-7H,15H2,1H3. The highest BCUT2D eigenvalue weighted by Crippen LogP contribution is 2.39. The fourth-order valence-electron chi connectivity index (χ4n) is 1.95. The van der Waals surface area contributed by atoms with Crippen molar-refractivity contribution in [1.29, 1.82) is 0 Å². The van der Waals surface area contributed by atoms with Crippen molar-refractivity contribution in [2.45, 2.75) is 0 Å². The predicted octanol–water partition coefficient (Wildman–Crippen LogP) is 3.45.